The number of nitrogens with one attached hydrogen (secondary N) is 2. The second kappa shape index (κ2) is 5.72. The number of rotatable bonds is 3. The molecule has 4 heteroatoms. The number of carbonyl (C=O) groups excluding carboxylic acids is 2. The molecular formula is C21H32N2O2. The van der Waals surface area contributed by atoms with E-state index in [1.54, 1.807) is 0 Å². The Morgan fingerprint density at radius 1 is 0.840 bits per heavy atom. The highest BCUT2D eigenvalue weighted by molar-refractivity contribution is 6.35. The van der Waals surface area contributed by atoms with Gasteiger partial charge in [0, 0.05) is 11.6 Å². The van der Waals surface area contributed by atoms with Gasteiger partial charge in [-0.05, 0) is 100 Å². The van der Waals surface area contributed by atoms with Crippen LogP contribution in [0.4, 0.5) is 0 Å². The van der Waals surface area contributed by atoms with Gasteiger partial charge in [0.15, 0.2) is 0 Å². The summed E-state index contributed by atoms with van der Waals surface area (Å²) in [4.78, 5) is 25.1. The van der Waals surface area contributed by atoms with Gasteiger partial charge in [-0.1, -0.05) is 6.42 Å². The Morgan fingerprint density at radius 2 is 1.48 bits per heavy atom. The second-order valence-electron chi connectivity index (χ2n) is 10.3. The normalized spacial score (nSPS) is 47.7. The molecule has 4 unspecified atom stereocenters. The lowest BCUT2D eigenvalue weighted by atomic mass is 9.53. The molecule has 0 aromatic carbocycles. The third-order valence-electron chi connectivity index (χ3n) is 8.42. The fraction of sp³-hybridized carbons (Fsp3) is 0.905. The summed E-state index contributed by atoms with van der Waals surface area (Å²) in [6.07, 6.45) is 12.6. The maximum Gasteiger partial charge on any atom is 0.309 e. The van der Waals surface area contributed by atoms with E-state index in [0.29, 0.717) is 5.92 Å². The molecule has 4 nitrogen and oxygen atoms in total. The van der Waals surface area contributed by atoms with E-state index < -0.39 is 5.91 Å². The van der Waals surface area contributed by atoms with Crippen LogP contribution in [0.2, 0.25) is 0 Å². The first-order valence-electron chi connectivity index (χ1n) is 10.6. The van der Waals surface area contributed by atoms with Gasteiger partial charge in [-0.25, -0.2) is 0 Å². The van der Waals surface area contributed by atoms with Crippen LogP contribution in [-0.4, -0.2) is 23.4 Å². The van der Waals surface area contributed by atoms with Crippen molar-refractivity contribution < 1.29 is 9.59 Å². The zero-order valence-corrected chi connectivity index (χ0v) is 15.4. The van der Waals surface area contributed by atoms with Crippen LogP contribution >= 0.6 is 0 Å². The predicted molar refractivity (Wildman–Crippen MR) is 95.6 cm³/mol. The third kappa shape index (κ3) is 2.80. The molecular weight excluding hydrogens is 312 g/mol. The monoisotopic (exact) mass is 344 g/mol. The Kier molecular flexibility index (Phi) is 3.69. The minimum Gasteiger partial charge on any atom is -0.345 e. The largest absolute Gasteiger partial charge is 0.345 e. The maximum atomic E-state index is 12.6. The van der Waals surface area contributed by atoms with Crippen molar-refractivity contribution in [3.63, 3.8) is 0 Å². The molecule has 0 aromatic heterocycles. The average Bonchev–Trinajstić information content (AvgIpc) is 3.16. The predicted octanol–water partition coefficient (Wildman–Crippen LogP) is 3.01. The third-order valence-corrected chi connectivity index (χ3v) is 8.42. The molecule has 6 fully saturated rings. The first-order valence-corrected chi connectivity index (χ1v) is 10.6. The molecule has 0 radical (unpaired) electrons. The van der Waals surface area contributed by atoms with E-state index >= 15 is 0 Å². The van der Waals surface area contributed by atoms with Crippen molar-refractivity contribution in [3.05, 3.63) is 0 Å². The van der Waals surface area contributed by atoms with Gasteiger partial charge in [0.2, 0.25) is 0 Å². The molecule has 2 amide bonds. The van der Waals surface area contributed by atoms with Gasteiger partial charge in [0.05, 0.1) is 0 Å². The van der Waals surface area contributed by atoms with Gasteiger partial charge in [-0.2, -0.15) is 0 Å². The van der Waals surface area contributed by atoms with E-state index in [1.165, 1.54) is 44.9 Å². The summed E-state index contributed by atoms with van der Waals surface area (Å²) in [6, 6.07) is 0.130. The zero-order valence-electron chi connectivity index (χ0n) is 15.4. The number of amides is 2. The van der Waals surface area contributed by atoms with Gasteiger partial charge in [0.25, 0.3) is 0 Å². The minimum absolute atomic E-state index is 0.0706. The molecule has 138 valence electrons. The minimum atomic E-state index is -0.397. The summed E-state index contributed by atoms with van der Waals surface area (Å²) in [5.41, 5.74) is -0.0706. The van der Waals surface area contributed by atoms with E-state index in [0.717, 1.165) is 48.9 Å². The molecule has 6 rings (SSSR count). The average molecular weight is 344 g/mol. The summed E-state index contributed by atoms with van der Waals surface area (Å²) in [7, 11) is 0. The standard InChI is InChI=1S/C21H32N2O2/c1-12(18-8-13-2-3-17(18)7-13)22-19(24)20(25)23-21-9-14-4-15(10-21)6-16(5-14)11-21/h12-18H,2-11H2,1H3,(H,22,24)(H,23,25). The van der Waals surface area contributed by atoms with E-state index in [4.69, 9.17) is 0 Å². The van der Waals surface area contributed by atoms with Gasteiger partial charge in [0.1, 0.15) is 0 Å². The van der Waals surface area contributed by atoms with Crippen molar-refractivity contribution in [2.75, 3.05) is 0 Å². The number of carbonyl (C=O) groups is 2. The quantitative estimate of drug-likeness (QED) is 0.773. The smallest absolute Gasteiger partial charge is 0.309 e. The van der Waals surface area contributed by atoms with Crippen molar-refractivity contribution >= 4 is 11.8 Å². The summed E-state index contributed by atoms with van der Waals surface area (Å²) in [5, 5.41) is 6.24. The lowest BCUT2D eigenvalue weighted by Crippen LogP contribution is -2.62. The molecule has 6 saturated carbocycles. The molecule has 0 aliphatic heterocycles. The van der Waals surface area contributed by atoms with Crippen molar-refractivity contribution in [1.82, 2.24) is 10.6 Å². The first kappa shape index (κ1) is 16.1. The van der Waals surface area contributed by atoms with Gasteiger partial charge < -0.3 is 10.6 Å². The fourth-order valence-electron chi connectivity index (χ4n) is 7.85. The van der Waals surface area contributed by atoms with E-state index in [1.807, 2.05) is 0 Å². The molecule has 0 saturated heterocycles. The van der Waals surface area contributed by atoms with Crippen molar-refractivity contribution in [2.24, 2.45) is 35.5 Å². The van der Waals surface area contributed by atoms with Crippen LogP contribution in [0, 0.1) is 35.5 Å². The SMILES string of the molecule is CC(NC(=O)C(=O)NC12CC3CC(CC(C3)C1)C2)C1CC2CCC1C2. The van der Waals surface area contributed by atoms with Gasteiger partial charge >= 0.3 is 11.8 Å². The van der Waals surface area contributed by atoms with E-state index in [9.17, 15) is 9.59 Å². The van der Waals surface area contributed by atoms with Gasteiger partial charge in [-0.3, -0.25) is 9.59 Å². The van der Waals surface area contributed by atoms with Crippen LogP contribution in [0.1, 0.15) is 71.1 Å². The van der Waals surface area contributed by atoms with Crippen LogP contribution in [0.3, 0.4) is 0 Å². The molecule has 6 aliphatic rings. The Morgan fingerprint density at radius 3 is 2.00 bits per heavy atom. The Labute approximate surface area is 150 Å². The molecule has 2 N–H and O–H groups in total. The van der Waals surface area contributed by atoms with Crippen molar-refractivity contribution in [1.29, 1.82) is 0 Å². The Hall–Kier alpha value is -1.06. The first-order chi connectivity index (χ1) is 12.0. The van der Waals surface area contributed by atoms with Gasteiger partial charge in [-0.15, -0.1) is 0 Å². The lowest BCUT2D eigenvalue weighted by molar-refractivity contribution is -0.143. The molecule has 0 spiro atoms. The Balaban J connectivity index is 1.19. The van der Waals surface area contributed by atoms with Crippen molar-refractivity contribution in [3.8, 4) is 0 Å². The van der Waals surface area contributed by atoms with Crippen LogP contribution in [0.15, 0.2) is 0 Å². The van der Waals surface area contributed by atoms with E-state index in [-0.39, 0.29) is 17.5 Å². The molecule has 6 bridgehead atoms. The summed E-state index contributed by atoms with van der Waals surface area (Å²) in [6.45, 7) is 2.10. The number of hydrogen-bond donors (Lipinski definition) is 2. The van der Waals surface area contributed by atoms with Crippen LogP contribution < -0.4 is 10.6 Å². The highest BCUT2D eigenvalue weighted by atomic mass is 16.2. The maximum absolute atomic E-state index is 12.6. The number of hydrogen-bond acceptors (Lipinski definition) is 2. The summed E-state index contributed by atoms with van der Waals surface area (Å²) < 4.78 is 0. The van der Waals surface area contributed by atoms with E-state index in [2.05, 4.69) is 17.6 Å². The molecule has 25 heavy (non-hydrogen) atoms. The van der Waals surface area contributed by atoms with Crippen LogP contribution in [-0.2, 0) is 9.59 Å². The van der Waals surface area contributed by atoms with Crippen molar-refractivity contribution in [2.45, 2.75) is 82.7 Å². The highest BCUT2D eigenvalue weighted by Gasteiger charge is 2.52. The second-order valence-corrected chi connectivity index (χ2v) is 10.3. The Bertz CT molecular complexity index is 551. The summed E-state index contributed by atoms with van der Waals surface area (Å²) in [5.74, 6) is 3.78. The zero-order chi connectivity index (χ0) is 17.2. The highest BCUT2D eigenvalue weighted by Crippen LogP contribution is 2.55. The molecule has 6 aliphatic carbocycles. The summed E-state index contributed by atoms with van der Waals surface area (Å²) >= 11 is 0. The fourth-order valence-corrected chi connectivity index (χ4v) is 7.85. The topological polar surface area (TPSA) is 58.2 Å². The molecule has 4 atom stereocenters. The lowest BCUT2D eigenvalue weighted by Gasteiger charge is -2.56. The number of fused-ring (bicyclic) bond motifs is 2. The molecule has 0 heterocycles. The van der Waals surface area contributed by atoms with Crippen LogP contribution in [0.5, 0.6) is 0 Å². The van der Waals surface area contributed by atoms with Crippen LogP contribution in [0.25, 0.3) is 0 Å². The molecule has 0 aromatic rings.